The lowest BCUT2D eigenvalue weighted by molar-refractivity contribution is -0.160. The van der Waals surface area contributed by atoms with E-state index < -0.39 is 5.60 Å². The van der Waals surface area contributed by atoms with Gasteiger partial charge in [-0.05, 0) is 51.2 Å². The number of rotatable bonds is 2. The van der Waals surface area contributed by atoms with Gasteiger partial charge in [0, 0.05) is 22.5 Å². The molecule has 2 atom stereocenters. The third-order valence-corrected chi connectivity index (χ3v) is 6.44. The number of benzene rings is 1. The molecular weight excluding hydrogens is 348 g/mol. The van der Waals surface area contributed by atoms with Gasteiger partial charge in [-0.1, -0.05) is 51.3 Å². The van der Waals surface area contributed by atoms with Gasteiger partial charge in [-0.15, -0.1) is 0 Å². The third-order valence-electron chi connectivity index (χ3n) is 6.44. The quantitative estimate of drug-likeness (QED) is 0.686. The number of aromatic nitrogens is 1. The topological polar surface area (TPSA) is 54.1 Å². The summed E-state index contributed by atoms with van der Waals surface area (Å²) in [5, 5.41) is 5.09. The summed E-state index contributed by atoms with van der Waals surface area (Å²) in [6, 6.07) is 8.23. The Morgan fingerprint density at radius 1 is 1.14 bits per heavy atom. The number of aromatic amines is 1. The van der Waals surface area contributed by atoms with Crippen LogP contribution < -0.4 is 5.32 Å². The fourth-order valence-electron chi connectivity index (χ4n) is 5.35. The lowest BCUT2D eigenvalue weighted by Crippen LogP contribution is -2.59. The van der Waals surface area contributed by atoms with E-state index >= 15 is 0 Å². The fraction of sp³-hybridized carbons (Fsp3) is 0.625. The number of hydrogen-bond acceptors (Lipinski definition) is 3. The van der Waals surface area contributed by atoms with E-state index in [1.54, 1.807) is 0 Å². The second-order valence-corrected chi connectivity index (χ2v) is 10.0. The summed E-state index contributed by atoms with van der Waals surface area (Å²) < 4.78 is 5.88. The maximum absolute atomic E-state index is 13.3. The minimum absolute atomic E-state index is 0.0913. The van der Waals surface area contributed by atoms with E-state index in [2.05, 4.69) is 48.4 Å². The molecule has 4 nitrogen and oxygen atoms in total. The first-order valence-electron chi connectivity index (χ1n) is 10.8. The monoisotopic (exact) mass is 382 g/mol. The predicted molar refractivity (Wildman–Crippen MR) is 113 cm³/mol. The predicted octanol–water partition coefficient (Wildman–Crippen LogP) is 5.38. The van der Waals surface area contributed by atoms with Crippen molar-refractivity contribution in [2.45, 2.75) is 89.8 Å². The number of para-hydroxylation sites is 1. The van der Waals surface area contributed by atoms with Crippen LogP contribution in [-0.4, -0.2) is 22.6 Å². The van der Waals surface area contributed by atoms with Crippen molar-refractivity contribution in [3.63, 3.8) is 0 Å². The van der Waals surface area contributed by atoms with E-state index in [-0.39, 0.29) is 23.5 Å². The first kappa shape index (κ1) is 19.5. The molecule has 4 rings (SSSR count). The standard InChI is InChI=1S/C24H34N2O2/c1-15(2)18-19-16-11-7-8-12-17(16)25-21(19)24(13-9-6-10-14-24)26-20(18)22(27)28-23(3,4)5/h7-8,11-12,15,18,20,25-26H,6,9-10,13-14H2,1-5H3/t18-,20-/m0/s1. The maximum Gasteiger partial charge on any atom is 0.324 e. The first-order valence-corrected chi connectivity index (χ1v) is 10.8. The molecule has 1 fully saturated rings. The Hall–Kier alpha value is -1.81. The van der Waals surface area contributed by atoms with Crippen molar-refractivity contribution >= 4 is 16.9 Å². The highest BCUT2D eigenvalue weighted by molar-refractivity contribution is 5.88. The zero-order valence-electron chi connectivity index (χ0n) is 17.9. The SMILES string of the molecule is CC(C)[C@H]1c2c([nH]c3ccccc23)C2(CCCCC2)N[C@@H]1C(=O)OC(C)(C)C. The molecule has 1 spiro atoms. The zero-order valence-corrected chi connectivity index (χ0v) is 17.9. The molecule has 0 radical (unpaired) electrons. The molecule has 1 saturated carbocycles. The Morgan fingerprint density at radius 2 is 1.82 bits per heavy atom. The van der Waals surface area contributed by atoms with E-state index in [4.69, 9.17) is 4.74 Å². The molecule has 2 aliphatic rings. The summed E-state index contributed by atoms with van der Waals surface area (Å²) in [6.45, 7) is 10.3. The summed E-state index contributed by atoms with van der Waals surface area (Å²) in [5.74, 6) is 0.296. The van der Waals surface area contributed by atoms with Crippen LogP contribution >= 0.6 is 0 Å². The Balaban J connectivity index is 1.89. The number of H-pyrrole nitrogens is 1. The first-order chi connectivity index (χ1) is 13.2. The number of ether oxygens (including phenoxy) is 1. The minimum Gasteiger partial charge on any atom is -0.459 e. The van der Waals surface area contributed by atoms with Crippen LogP contribution in [0, 0.1) is 5.92 Å². The van der Waals surface area contributed by atoms with Crippen molar-refractivity contribution in [1.82, 2.24) is 10.3 Å². The van der Waals surface area contributed by atoms with Gasteiger partial charge in [-0.2, -0.15) is 0 Å². The second kappa shape index (κ2) is 6.91. The molecule has 0 unspecified atom stereocenters. The van der Waals surface area contributed by atoms with Gasteiger partial charge in [-0.25, -0.2) is 0 Å². The highest BCUT2D eigenvalue weighted by Gasteiger charge is 2.50. The number of nitrogens with one attached hydrogen (secondary N) is 2. The molecular formula is C24H34N2O2. The number of hydrogen-bond donors (Lipinski definition) is 2. The maximum atomic E-state index is 13.3. The Kier molecular flexibility index (Phi) is 4.81. The fourth-order valence-corrected chi connectivity index (χ4v) is 5.35. The van der Waals surface area contributed by atoms with Crippen molar-refractivity contribution in [2.75, 3.05) is 0 Å². The summed E-state index contributed by atoms with van der Waals surface area (Å²) >= 11 is 0. The van der Waals surface area contributed by atoms with Crippen molar-refractivity contribution in [3.8, 4) is 0 Å². The molecule has 4 heteroatoms. The molecule has 0 saturated heterocycles. The van der Waals surface area contributed by atoms with Gasteiger partial charge in [0.1, 0.15) is 11.6 Å². The minimum atomic E-state index is -0.486. The van der Waals surface area contributed by atoms with Gasteiger partial charge in [0.15, 0.2) is 0 Å². The van der Waals surface area contributed by atoms with Gasteiger partial charge in [0.2, 0.25) is 0 Å². The molecule has 1 aliphatic carbocycles. The zero-order chi connectivity index (χ0) is 20.1. The third kappa shape index (κ3) is 3.26. The van der Waals surface area contributed by atoms with Crippen LogP contribution in [0.1, 0.15) is 83.9 Å². The largest absolute Gasteiger partial charge is 0.459 e. The Labute approximate surface area is 168 Å². The van der Waals surface area contributed by atoms with Crippen LogP contribution in [0.25, 0.3) is 10.9 Å². The van der Waals surface area contributed by atoms with E-state index in [0.717, 1.165) is 12.8 Å². The smallest absolute Gasteiger partial charge is 0.324 e. The summed E-state index contributed by atoms with van der Waals surface area (Å²) in [7, 11) is 0. The normalized spacial score (nSPS) is 24.5. The molecule has 1 aliphatic heterocycles. The van der Waals surface area contributed by atoms with Crippen LogP contribution in [0.2, 0.25) is 0 Å². The van der Waals surface area contributed by atoms with E-state index in [9.17, 15) is 4.79 Å². The van der Waals surface area contributed by atoms with Crippen LogP contribution in [0.3, 0.4) is 0 Å². The van der Waals surface area contributed by atoms with Crippen LogP contribution in [-0.2, 0) is 15.1 Å². The van der Waals surface area contributed by atoms with E-state index in [1.807, 2.05) is 20.8 Å². The van der Waals surface area contributed by atoms with Gasteiger partial charge in [0.05, 0.1) is 5.54 Å². The van der Waals surface area contributed by atoms with E-state index in [1.165, 1.54) is 41.4 Å². The highest BCUT2D eigenvalue weighted by Crippen LogP contribution is 2.49. The van der Waals surface area contributed by atoms with Gasteiger partial charge >= 0.3 is 5.97 Å². The van der Waals surface area contributed by atoms with Crippen molar-refractivity contribution in [2.24, 2.45) is 5.92 Å². The number of carbonyl (C=O) groups excluding carboxylic acids is 1. The van der Waals surface area contributed by atoms with Gasteiger partial charge in [-0.3, -0.25) is 10.1 Å². The highest BCUT2D eigenvalue weighted by atomic mass is 16.6. The van der Waals surface area contributed by atoms with Crippen molar-refractivity contribution < 1.29 is 9.53 Å². The molecule has 0 bridgehead atoms. The molecule has 1 aromatic carbocycles. The number of fused-ring (bicyclic) bond motifs is 4. The summed E-state index contributed by atoms with van der Waals surface area (Å²) in [4.78, 5) is 17.1. The van der Waals surface area contributed by atoms with Crippen LogP contribution in [0.5, 0.6) is 0 Å². The number of esters is 1. The van der Waals surface area contributed by atoms with Crippen LogP contribution in [0.4, 0.5) is 0 Å². The van der Waals surface area contributed by atoms with Gasteiger partial charge in [0.25, 0.3) is 0 Å². The molecule has 0 amide bonds. The average Bonchev–Trinajstić information content (AvgIpc) is 3.01. The Bertz CT molecular complexity index is 868. The van der Waals surface area contributed by atoms with Gasteiger partial charge < -0.3 is 9.72 Å². The average molecular weight is 383 g/mol. The number of carbonyl (C=O) groups is 1. The molecule has 2 aromatic rings. The molecule has 28 heavy (non-hydrogen) atoms. The van der Waals surface area contributed by atoms with E-state index in [0.29, 0.717) is 5.92 Å². The Morgan fingerprint density at radius 3 is 2.46 bits per heavy atom. The van der Waals surface area contributed by atoms with Crippen LogP contribution in [0.15, 0.2) is 24.3 Å². The van der Waals surface area contributed by atoms with Crippen molar-refractivity contribution in [1.29, 1.82) is 0 Å². The summed E-state index contributed by atoms with van der Waals surface area (Å²) in [6.07, 6.45) is 5.78. The molecule has 2 heterocycles. The molecule has 152 valence electrons. The summed E-state index contributed by atoms with van der Waals surface area (Å²) in [5.41, 5.74) is 3.18. The lowest BCUT2D eigenvalue weighted by atomic mass is 9.68. The second-order valence-electron chi connectivity index (χ2n) is 10.0. The van der Waals surface area contributed by atoms with Crippen molar-refractivity contribution in [3.05, 3.63) is 35.5 Å². The lowest BCUT2D eigenvalue weighted by Gasteiger charge is -2.48. The molecule has 2 N–H and O–H groups in total. The molecule has 1 aromatic heterocycles.